The molecule has 0 aromatic rings. The maximum Gasteiger partial charge on any atom is 0.330 e. The molecule has 0 spiro atoms. The molecule has 0 heterocycles. The van der Waals surface area contributed by atoms with Crippen LogP contribution in [0.25, 0.3) is 0 Å². The van der Waals surface area contributed by atoms with Gasteiger partial charge in [0, 0.05) is 39.8 Å². The van der Waals surface area contributed by atoms with Gasteiger partial charge >= 0.3 is 12.0 Å². The second kappa shape index (κ2) is 9.65. The minimum absolute atomic E-state index is 0.117. The molecule has 0 saturated carbocycles. The molecule has 0 rings (SSSR count). The highest BCUT2D eigenvalue weighted by Crippen LogP contribution is 1.80. The van der Waals surface area contributed by atoms with E-state index < -0.39 is 0 Å². The van der Waals surface area contributed by atoms with Crippen molar-refractivity contribution in [2.75, 3.05) is 40.3 Å². The van der Waals surface area contributed by atoms with Gasteiger partial charge in [-0.1, -0.05) is 6.08 Å². The number of hydrogen-bond acceptors (Lipinski definition) is 4. The third kappa shape index (κ3) is 9.37. The third-order valence-electron chi connectivity index (χ3n) is 1.79. The summed E-state index contributed by atoms with van der Waals surface area (Å²) < 4.78 is 4.71. The molecule has 0 bridgehead atoms. The summed E-state index contributed by atoms with van der Waals surface area (Å²) in [5.41, 5.74) is 0. The molecular formula is C11H21N3O3. The maximum absolute atomic E-state index is 11.1. The van der Waals surface area contributed by atoms with E-state index in [0.29, 0.717) is 26.2 Å². The second-order valence-electron chi connectivity index (χ2n) is 3.48. The fourth-order valence-electron chi connectivity index (χ4n) is 0.947. The van der Waals surface area contributed by atoms with Crippen LogP contribution in [0.3, 0.4) is 0 Å². The molecular weight excluding hydrogens is 222 g/mol. The van der Waals surface area contributed by atoms with E-state index in [9.17, 15) is 9.59 Å². The van der Waals surface area contributed by atoms with E-state index in [1.807, 2.05) is 0 Å². The van der Waals surface area contributed by atoms with Crippen molar-refractivity contribution in [1.82, 2.24) is 15.5 Å². The van der Waals surface area contributed by atoms with Gasteiger partial charge < -0.3 is 20.3 Å². The average molecular weight is 243 g/mol. The number of hydrogen-bond donors (Lipinski definition) is 2. The molecule has 0 aromatic carbocycles. The first kappa shape index (κ1) is 15.4. The summed E-state index contributed by atoms with van der Waals surface area (Å²) >= 11 is 0. The Morgan fingerprint density at radius 3 is 2.59 bits per heavy atom. The predicted octanol–water partition coefficient (Wildman–Crippen LogP) is -0.0335. The van der Waals surface area contributed by atoms with Crippen molar-refractivity contribution in [2.45, 2.75) is 6.92 Å². The summed E-state index contributed by atoms with van der Waals surface area (Å²) in [5.74, 6) is -0.338. The zero-order valence-corrected chi connectivity index (χ0v) is 10.7. The number of nitrogens with zero attached hydrogens (tertiary/aromatic N) is 1. The van der Waals surface area contributed by atoms with Gasteiger partial charge in [-0.25, -0.2) is 9.59 Å². The molecule has 0 aliphatic carbocycles. The van der Waals surface area contributed by atoms with Gasteiger partial charge in [-0.3, -0.25) is 0 Å². The Kier molecular flexibility index (Phi) is 8.77. The second-order valence-corrected chi connectivity index (χ2v) is 3.48. The molecule has 0 fully saturated rings. The number of rotatable bonds is 7. The Bertz CT molecular complexity index is 265. The summed E-state index contributed by atoms with van der Waals surface area (Å²) in [7, 11) is 3.37. The predicted molar refractivity (Wildman–Crippen MR) is 65.7 cm³/mol. The summed E-state index contributed by atoms with van der Waals surface area (Å²) in [6.07, 6.45) is 3.07. The Morgan fingerprint density at radius 1 is 1.29 bits per heavy atom. The molecule has 6 heteroatoms. The van der Waals surface area contributed by atoms with E-state index in [1.54, 1.807) is 27.1 Å². The molecule has 0 aromatic heterocycles. The van der Waals surface area contributed by atoms with Gasteiger partial charge in [-0.15, -0.1) is 0 Å². The van der Waals surface area contributed by atoms with Crippen LogP contribution in [0.5, 0.6) is 0 Å². The molecule has 0 unspecified atom stereocenters. The number of amides is 2. The minimum atomic E-state index is -0.338. The summed E-state index contributed by atoms with van der Waals surface area (Å²) in [4.78, 5) is 23.5. The molecule has 0 aliphatic rings. The van der Waals surface area contributed by atoms with Gasteiger partial charge in [0.15, 0.2) is 0 Å². The zero-order valence-electron chi connectivity index (χ0n) is 10.7. The molecule has 0 aliphatic heterocycles. The van der Waals surface area contributed by atoms with E-state index >= 15 is 0 Å². The maximum atomic E-state index is 11.1. The average Bonchev–Trinajstić information content (AvgIpc) is 2.27. The van der Waals surface area contributed by atoms with Crippen molar-refractivity contribution in [3.8, 4) is 0 Å². The number of carbonyl (C=O) groups is 2. The van der Waals surface area contributed by atoms with Crippen LogP contribution in [0, 0.1) is 0 Å². The van der Waals surface area contributed by atoms with Gasteiger partial charge in [-0.05, 0) is 6.92 Å². The largest absolute Gasteiger partial charge is 0.463 e. The topological polar surface area (TPSA) is 70.7 Å². The fraction of sp³-hybridized carbons (Fsp3) is 0.636. The van der Waals surface area contributed by atoms with E-state index in [0.717, 1.165) is 0 Å². The number of nitrogens with one attached hydrogen (secondary N) is 2. The van der Waals surface area contributed by atoms with Crippen LogP contribution in [0.15, 0.2) is 12.2 Å². The van der Waals surface area contributed by atoms with Crippen LogP contribution >= 0.6 is 0 Å². The van der Waals surface area contributed by atoms with Crippen molar-refractivity contribution in [3.63, 3.8) is 0 Å². The van der Waals surface area contributed by atoms with Crippen LogP contribution in [0.1, 0.15) is 6.92 Å². The molecule has 98 valence electrons. The Hall–Kier alpha value is -1.56. The summed E-state index contributed by atoms with van der Waals surface area (Å²) in [6, 6.07) is -0.117. The SMILES string of the molecule is CCOC(=O)/C=C/CNCCNC(=O)N(C)C. The number of ether oxygens (including phenoxy) is 1. The van der Waals surface area contributed by atoms with Crippen molar-refractivity contribution in [3.05, 3.63) is 12.2 Å². The highest BCUT2D eigenvalue weighted by molar-refractivity contribution is 5.81. The molecule has 17 heavy (non-hydrogen) atoms. The number of urea groups is 1. The van der Waals surface area contributed by atoms with E-state index in [-0.39, 0.29) is 12.0 Å². The zero-order chi connectivity index (χ0) is 13.1. The molecule has 2 amide bonds. The highest BCUT2D eigenvalue weighted by Gasteiger charge is 1.99. The first-order chi connectivity index (χ1) is 8.07. The fourth-order valence-corrected chi connectivity index (χ4v) is 0.947. The number of esters is 1. The van der Waals surface area contributed by atoms with E-state index in [2.05, 4.69) is 10.6 Å². The van der Waals surface area contributed by atoms with Crippen LogP contribution in [0.2, 0.25) is 0 Å². The molecule has 0 radical (unpaired) electrons. The van der Waals surface area contributed by atoms with Gasteiger partial charge in [-0.2, -0.15) is 0 Å². The number of carbonyl (C=O) groups excluding carboxylic acids is 2. The van der Waals surface area contributed by atoms with Crippen LogP contribution < -0.4 is 10.6 Å². The molecule has 6 nitrogen and oxygen atoms in total. The Morgan fingerprint density at radius 2 is 2.00 bits per heavy atom. The van der Waals surface area contributed by atoms with Crippen molar-refractivity contribution in [1.29, 1.82) is 0 Å². The smallest absolute Gasteiger partial charge is 0.330 e. The normalized spacial score (nSPS) is 10.3. The molecule has 2 N–H and O–H groups in total. The highest BCUT2D eigenvalue weighted by atomic mass is 16.5. The first-order valence-electron chi connectivity index (χ1n) is 5.57. The Balaban J connectivity index is 3.41. The van der Waals surface area contributed by atoms with Gasteiger partial charge in [0.25, 0.3) is 0 Å². The lowest BCUT2D eigenvalue weighted by atomic mass is 10.4. The van der Waals surface area contributed by atoms with E-state index in [4.69, 9.17) is 4.74 Å². The lowest BCUT2D eigenvalue weighted by Gasteiger charge is -2.11. The molecule has 0 atom stereocenters. The molecule has 0 saturated heterocycles. The lowest BCUT2D eigenvalue weighted by molar-refractivity contribution is -0.137. The quantitative estimate of drug-likeness (QED) is 0.374. The standard InChI is InChI=1S/C11H21N3O3/c1-4-17-10(15)6-5-7-12-8-9-13-11(16)14(2)3/h5-6,12H,4,7-9H2,1-3H3,(H,13,16)/b6-5+. The summed E-state index contributed by atoms with van der Waals surface area (Å²) in [5, 5.41) is 5.76. The van der Waals surface area contributed by atoms with Gasteiger partial charge in [0.05, 0.1) is 6.61 Å². The van der Waals surface area contributed by atoms with Gasteiger partial charge in [0.1, 0.15) is 0 Å². The Labute approximate surface area is 102 Å². The minimum Gasteiger partial charge on any atom is -0.463 e. The van der Waals surface area contributed by atoms with E-state index in [1.165, 1.54) is 11.0 Å². The van der Waals surface area contributed by atoms with Crippen molar-refractivity contribution >= 4 is 12.0 Å². The van der Waals surface area contributed by atoms with Crippen LogP contribution in [0.4, 0.5) is 4.79 Å². The third-order valence-corrected chi connectivity index (χ3v) is 1.79. The first-order valence-corrected chi connectivity index (χ1v) is 5.57. The summed E-state index contributed by atoms with van der Waals surface area (Å²) in [6.45, 7) is 3.90. The van der Waals surface area contributed by atoms with Crippen molar-refractivity contribution in [2.24, 2.45) is 0 Å². The van der Waals surface area contributed by atoms with Crippen molar-refractivity contribution < 1.29 is 14.3 Å². The monoisotopic (exact) mass is 243 g/mol. The van der Waals surface area contributed by atoms with Crippen LogP contribution in [-0.4, -0.2) is 57.2 Å². The lowest BCUT2D eigenvalue weighted by Crippen LogP contribution is -2.38. The van der Waals surface area contributed by atoms with Gasteiger partial charge in [0.2, 0.25) is 0 Å². The van der Waals surface area contributed by atoms with Crippen LogP contribution in [-0.2, 0) is 9.53 Å².